The number of hydrogen-bond donors (Lipinski definition) is 2. The van der Waals surface area contributed by atoms with Gasteiger partial charge in [-0.3, -0.25) is 4.79 Å². The minimum absolute atomic E-state index is 0.0895. The van der Waals surface area contributed by atoms with Crippen LogP contribution in [0, 0.1) is 11.6 Å². The van der Waals surface area contributed by atoms with Gasteiger partial charge >= 0.3 is 5.97 Å². The predicted molar refractivity (Wildman–Crippen MR) is 69.3 cm³/mol. The maximum Gasteiger partial charge on any atom is 0.326 e. The number of carboxylic acids is 1. The quantitative estimate of drug-likeness (QED) is 0.816. The summed E-state index contributed by atoms with van der Waals surface area (Å²) in [6.45, 7) is 3.58. The summed E-state index contributed by atoms with van der Waals surface area (Å²) in [5.74, 6) is -3.96. The number of rotatable bonds is 5. The first-order valence-corrected chi connectivity index (χ1v) is 5.93. The molecule has 0 unspecified atom stereocenters. The second-order valence-corrected chi connectivity index (χ2v) is 4.51. The maximum atomic E-state index is 13.4. The van der Waals surface area contributed by atoms with Crippen molar-refractivity contribution in [1.29, 1.82) is 0 Å². The average Bonchev–Trinajstić information content (AvgIpc) is 2.33. The van der Waals surface area contributed by atoms with Gasteiger partial charge < -0.3 is 10.4 Å². The van der Waals surface area contributed by atoms with Crippen molar-refractivity contribution in [3.8, 4) is 0 Å². The summed E-state index contributed by atoms with van der Waals surface area (Å²) in [4.78, 5) is 22.8. The second-order valence-electron chi connectivity index (χ2n) is 4.51. The van der Waals surface area contributed by atoms with E-state index in [1.165, 1.54) is 0 Å². The Morgan fingerprint density at radius 3 is 2.50 bits per heavy atom. The molecule has 0 fully saturated rings. The smallest absolute Gasteiger partial charge is 0.326 e. The van der Waals surface area contributed by atoms with Crippen LogP contribution in [-0.4, -0.2) is 23.0 Å². The molecule has 1 rings (SSSR count). The Hall–Kier alpha value is -2.24. The fourth-order valence-corrected chi connectivity index (χ4v) is 1.48. The number of nitrogens with one attached hydrogen (secondary N) is 1. The van der Waals surface area contributed by atoms with Gasteiger partial charge in [0.05, 0.1) is 5.56 Å². The fourth-order valence-electron chi connectivity index (χ4n) is 1.48. The highest BCUT2D eigenvalue weighted by atomic mass is 19.1. The van der Waals surface area contributed by atoms with Crippen LogP contribution < -0.4 is 5.32 Å². The topological polar surface area (TPSA) is 66.4 Å². The van der Waals surface area contributed by atoms with Crippen LogP contribution in [0.2, 0.25) is 0 Å². The second kappa shape index (κ2) is 6.79. The molecule has 0 saturated heterocycles. The lowest BCUT2D eigenvalue weighted by atomic mass is 10.1. The zero-order chi connectivity index (χ0) is 15.3. The summed E-state index contributed by atoms with van der Waals surface area (Å²) in [6, 6.07) is 1.31. The van der Waals surface area contributed by atoms with Crippen LogP contribution in [0.3, 0.4) is 0 Å². The number of hydrogen-bond acceptors (Lipinski definition) is 2. The summed E-state index contributed by atoms with van der Waals surface area (Å²) in [5, 5.41) is 11.2. The van der Waals surface area contributed by atoms with E-state index in [9.17, 15) is 18.4 Å². The van der Waals surface area contributed by atoms with Crippen molar-refractivity contribution >= 4 is 11.9 Å². The van der Waals surface area contributed by atoms with Crippen molar-refractivity contribution in [3.05, 3.63) is 47.0 Å². The highest BCUT2D eigenvalue weighted by molar-refractivity contribution is 5.96. The van der Waals surface area contributed by atoms with Gasteiger partial charge in [0, 0.05) is 6.07 Å². The highest BCUT2D eigenvalue weighted by Crippen LogP contribution is 2.10. The molecule has 1 atom stereocenters. The van der Waals surface area contributed by atoms with Crippen LogP contribution in [0.1, 0.15) is 30.6 Å². The van der Waals surface area contributed by atoms with Crippen molar-refractivity contribution in [2.24, 2.45) is 0 Å². The molecule has 1 aromatic carbocycles. The van der Waals surface area contributed by atoms with Gasteiger partial charge in [-0.15, -0.1) is 0 Å². The Kier molecular flexibility index (Phi) is 5.37. The number of amides is 1. The van der Waals surface area contributed by atoms with Crippen LogP contribution >= 0.6 is 0 Å². The molecule has 108 valence electrons. The third-order valence-corrected chi connectivity index (χ3v) is 2.54. The molecule has 0 aliphatic rings. The molecule has 0 aliphatic carbocycles. The molecule has 0 aromatic heterocycles. The zero-order valence-electron chi connectivity index (χ0n) is 11.1. The number of carbonyl (C=O) groups is 2. The Labute approximate surface area is 115 Å². The van der Waals surface area contributed by atoms with E-state index in [1.54, 1.807) is 19.9 Å². The monoisotopic (exact) mass is 283 g/mol. The van der Waals surface area contributed by atoms with Gasteiger partial charge in [0.1, 0.15) is 17.7 Å². The van der Waals surface area contributed by atoms with Gasteiger partial charge in [-0.1, -0.05) is 11.6 Å². The Balaban J connectivity index is 2.85. The van der Waals surface area contributed by atoms with Crippen molar-refractivity contribution in [1.82, 2.24) is 5.32 Å². The normalized spacial score (nSPS) is 11.6. The standard InChI is InChI=1S/C14H15F2NO3/c1-8(2)3-6-12(14(19)20)17-13(18)10-5-4-9(15)7-11(10)16/h3-5,7,12H,6H2,1-2H3,(H,17,18)(H,19,20)/t12-/m0/s1. The van der Waals surface area contributed by atoms with Crippen LogP contribution in [0.4, 0.5) is 8.78 Å². The minimum atomic E-state index is -1.22. The van der Waals surface area contributed by atoms with Crippen LogP contribution in [-0.2, 0) is 4.79 Å². The first-order chi connectivity index (χ1) is 9.31. The number of carbonyl (C=O) groups excluding carboxylic acids is 1. The van der Waals surface area contributed by atoms with Crippen LogP contribution in [0.15, 0.2) is 29.8 Å². The van der Waals surface area contributed by atoms with E-state index in [4.69, 9.17) is 5.11 Å². The fraction of sp³-hybridized carbons (Fsp3) is 0.286. The lowest BCUT2D eigenvalue weighted by Gasteiger charge is -2.13. The third kappa shape index (κ3) is 4.46. The summed E-state index contributed by atoms with van der Waals surface area (Å²) in [5.41, 5.74) is 0.508. The van der Waals surface area contributed by atoms with Gasteiger partial charge in [-0.25, -0.2) is 13.6 Å². The molecule has 2 N–H and O–H groups in total. The summed E-state index contributed by atoms with van der Waals surface area (Å²) in [6.07, 6.45) is 1.74. The van der Waals surface area contributed by atoms with Gasteiger partial charge in [0.2, 0.25) is 0 Å². The first kappa shape index (κ1) is 15.8. The van der Waals surface area contributed by atoms with Crippen molar-refractivity contribution < 1.29 is 23.5 Å². The molecular weight excluding hydrogens is 268 g/mol. The van der Waals surface area contributed by atoms with Gasteiger partial charge in [-0.2, -0.15) is 0 Å². The van der Waals surface area contributed by atoms with E-state index < -0.39 is 35.1 Å². The van der Waals surface area contributed by atoms with E-state index in [2.05, 4.69) is 5.32 Å². The predicted octanol–water partition coefficient (Wildman–Crippen LogP) is 2.50. The lowest BCUT2D eigenvalue weighted by Crippen LogP contribution is -2.40. The largest absolute Gasteiger partial charge is 0.480 e. The zero-order valence-corrected chi connectivity index (χ0v) is 11.1. The molecule has 6 heteroatoms. The summed E-state index contributed by atoms with van der Waals surface area (Å²) in [7, 11) is 0. The Morgan fingerprint density at radius 1 is 1.35 bits per heavy atom. The van der Waals surface area contributed by atoms with Gasteiger partial charge in [-0.05, 0) is 32.4 Å². The van der Waals surface area contributed by atoms with Crippen LogP contribution in [0.5, 0.6) is 0 Å². The molecular formula is C14H15F2NO3. The molecule has 20 heavy (non-hydrogen) atoms. The van der Waals surface area contributed by atoms with Crippen molar-refractivity contribution in [2.75, 3.05) is 0 Å². The number of aliphatic carboxylic acids is 1. The minimum Gasteiger partial charge on any atom is -0.480 e. The van der Waals surface area contributed by atoms with E-state index >= 15 is 0 Å². The molecule has 4 nitrogen and oxygen atoms in total. The van der Waals surface area contributed by atoms with E-state index in [-0.39, 0.29) is 6.42 Å². The van der Waals surface area contributed by atoms with Gasteiger partial charge in [0.25, 0.3) is 5.91 Å². The molecule has 0 spiro atoms. The number of carboxylic acid groups (broad SMARTS) is 1. The molecule has 0 bridgehead atoms. The molecule has 1 aromatic rings. The summed E-state index contributed by atoms with van der Waals surface area (Å²) < 4.78 is 26.1. The summed E-state index contributed by atoms with van der Waals surface area (Å²) >= 11 is 0. The van der Waals surface area contributed by atoms with Gasteiger partial charge in [0.15, 0.2) is 0 Å². The molecule has 0 saturated carbocycles. The van der Waals surface area contributed by atoms with E-state index in [1.807, 2.05) is 0 Å². The number of benzene rings is 1. The first-order valence-electron chi connectivity index (χ1n) is 5.93. The Morgan fingerprint density at radius 2 is 2.00 bits per heavy atom. The third-order valence-electron chi connectivity index (χ3n) is 2.54. The maximum absolute atomic E-state index is 13.4. The van der Waals surface area contributed by atoms with Crippen LogP contribution in [0.25, 0.3) is 0 Å². The highest BCUT2D eigenvalue weighted by Gasteiger charge is 2.21. The molecule has 0 radical (unpaired) electrons. The van der Waals surface area contributed by atoms with E-state index in [0.29, 0.717) is 6.07 Å². The van der Waals surface area contributed by atoms with Crippen molar-refractivity contribution in [2.45, 2.75) is 26.3 Å². The SMILES string of the molecule is CC(C)=CC[C@H](NC(=O)c1ccc(F)cc1F)C(=O)O. The molecule has 1 amide bonds. The van der Waals surface area contributed by atoms with E-state index in [0.717, 1.165) is 17.7 Å². The lowest BCUT2D eigenvalue weighted by molar-refractivity contribution is -0.139. The number of allylic oxidation sites excluding steroid dienone is 1. The molecule has 0 aliphatic heterocycles. The number of halogens is 2. The Bertz CT molecular complexity index is 551. The average molecular weight is 283 g/mol. The molecule has 0 heterocycles. The van der Waals surface area contributed by atoms with Crippen molar-refractivity contribution in [3.63, 3.8) is 0 Å².